The van der Waals surface area contributed by atoms with Gasteiger partial charge in [0.1, 0.15) is 12.2 Å². The normalized spacial score (nSPS) is 14.4. The fourth-order valence-electron chi connectivity index (χ4n) is 1.02. The Morgan fingerprint density at radius 3 is 2.57 bits per heavy atom. The standard InChI is InChI=1S/C10H20N4/c1-8(10(2,3)4)11-6-9-13-12-7-14(9)5/h7-8,11H,6H2,1-5H3. The van der Waals surface area contributed by atoms with E-state index in [2.05, 4.69) is 43.2 Å². The van der Waals surface area contributed by atoms with Gasteiger partial charge >= 0.3 is 0 Å². The van der Waals surface area contributed by atoms with Crippen molar-refractivity contribution in [3.05, 3.63) is 12.2 Å². The molecule has 0 spiro atoms. The van der Waals surface area contributed by atoms with Crippen molar-refractivity contribution in [3.63, 3.8) is 0 Å². The van der Waals surface area contributed by atoms with Crippen LogP contribution in [0.3, 0.4) is 0 Å². The van der Waals surface area contributed by atoms with Crippen LogP contribution < -0.4 is 5.32 Å². The van der Waals surface area contributed by atoms with Crippen molar-refractivity contribution in [2.45, 2.75) is 40.3 Å². The van der Waals surface area contributed by atoms with Crippen molar-refractivity contribution in [3.8, 4) is 0 Å². The van der Waals surface area contributed by atoms with Crippen LogP contribution in [-0.4, -0.2) is 20.8 Å². The molecule has 1 unspecified atom stereocenters. The number of hydrogen-bond donors (Lipinski definition) is 1. The van der Waals surface area contributed by atoms with Crippen LogP contribution in [0.15, 0.2) is 6.33 Å². The van der Waals surface area contributed by atoms with Crippen molar-refractivity contribution >= 4 is 0 Å². The number of rotatable bonds is 3. The van der Waals surface area contributed by atoms with Gasteiger partial charge in [-0.1, -0.05) is 20.8 Å². The maximum absolute atomic E-state index is 4.02. The topological polar surface area (TPSA) is 42.7 Å². The first kappa shape index (κ1) is 11.2. The average molecular weight is 196 g/mol. The van der Waals surface area contributed by atoms with Gasteiger partial charge in [0, 0.05) is 13.1 Å². The summed E-state index contributed by atoms with van der Waals surface area (Å²) in [4.78, 5) is 0. The predicted octanol–water partition coefficient (Wildman–Crippen LogP) is 1.34. The minimum Gasteiger partial charge on any atom is -0.320 e. The summed E-state index contributed by atoms with van der Waals surface area (Å²) in [5.74, 6) is 0.973. The van der Waals surface area contributed by atoms with Crippen LogP contribution in [0, 0.1) is 5.41 Å². The van der Waals surface area contributed by atoms with Gasteiger partial charge in [0.2, 0.25) is 0 Å². The molecule has 1 rings (SSSR count). The summed E-state index contributed by atoms with van der Waals surface area (Å²) >= 11 is 0. The third-order valence-electron chi connectivity index (χ3n) is 2.67. The second-order valence-corrected chi connectivity index (χ2v) is 4.83. The van der Waals surface area contributed by atoms with E-state index in [4.69, 9.17) is 0 Å². The number of aryl methyl sites for hydroxylation is 1. The Balaban J connectivity index is 2.46. The van der Waals surface area contributed by atoms with E-state index in [1.165, 1.54) is 0 Å². The first-order chi connectivity index (χ1) is 6.41. The van der Waals surface area contributed by atoms with Crippen LogP contribution in [0.1, 0.15) is 33.5 Å². The third kappa shape index (κ3) is 2.80. The Hall–Kier alpha value is -0.900. The molecule has 80 valence electrons. The molecule has 0 aliphatic rings. The zero-order valence-electron chi connectivity index (χ0n) is 9.70. The molecule has 4 heteroatoms. The van der Waals surface area contributed by atoms with Crippen molar-refractivity contribution in [2.24, 2.45) is 12.5 Å². The summed E-state index contributed by atoms with van der Waals surface area (Å²) in [6.45, 7) is 9.63. The first-order valence-corrected chi connectivity index (χ1v) is 4.97. The van der Waals surface area contributed by atoms with Gasteiger partial charge in [0.05, 0.1) is 6.54 Å². The lowest BCUT2D eigenvalue weighted by Crippen LogP contribution is -2.37. The van der Waals surface area contributed by atoms with Gasteiger partial charge in [-0.25, -0.2) is 0 Å². The van der Waals surface area contributed by atoms with Crippen LogP contribution in [-0.2, 0) is 13.6 Å². The number of aromatic nitrogens is 3. The van der Waals surface area contributed by atoms with E-state index in [1.807, 2.05) is 11.6 Å². The second-order valence-electron chi connectivity index (χ2n) is 4.83. The van der Waals surface area contributed by atoms with Gasteiger partial charge in [-0.05, 0) is 12.3 Å². The van der Waals surface area contributed by atoms with Gasteiger partial charge in [-0.2, -0.15) is 0 Å². The summed E-state index contributed by atoms with van der Waals surface area (Å²) in [7, 11) is 1.96. The smallest absolute Gasteiger partial charge is 0.146 e. The van der Waals surface area contributed by atoms with E-state index < -0.39 is 0 Å². The number of nitrogens with zero attached hydrogens (tertiary/aromatic N) is 3. The zero-order valence-corrected chi connectivity index (χ0v) is 9.70. The SMILES string of the molecule is CC(NCc1nncn1C)C(C)(C)C. The molecule has 0 amide bonds. The maximum Gasteiger partial charge on any atom is 0.146 e. The summed E-state index contributed by atoms with van der Waals surface area (Å²) in [5.41, 5.74) is 0.276. The molecule has 1 atom stereocenters. The molecule has 1 aromatic heterocycles. The highest BCUT2D eigenvalue weighted by Crippen LogP contribution is 2.18. The Morgan fingerprint density at radius 2 is 2.14 bits per heavy atom. The fraction of sp³-hybridized carbons (Fsp3) is 0.800. The monoisotopic (exact) mass is 196 g/mol. The van der Waals surface area contributed by atoms with Gasteiger partial charge in [0.15, 0.2) is 0 Å². The highest BCUT2D eigenvalue weighted by atomic mass is 15.3. The molecular weight excluding hydrogens is 176 g/mol. The average Bonchev–Trinajstić information content (AvgIpc) is 2.45. The third-order valence-corrected chi connectivity index (χ3v) is 2.67. The highest BCUT2D eigenvalue weighted by Gasteiger charge is 2.19. The van der Waals surface area contributed by atoms with E-state index in [9.17, 15) is 0 Å². The molecule has 1 heterocycles. The molecule has 0 aliphatic carbocycles. The van der Waals surface area contributed by atoms with E-state index in [0.717, 1.165) is 12.4 Å². The molecule has 0 aliphatic heterocycles. The Bertz CT molecular complexity index is 285. The molecule has 0 aromatic carbocycles. The lowest BCUT2D eigenvalue weighted by molar-refractivity contribution is 0.282. The molecule has 14 heavy (non-hydrogen) atoms. The largest absolute Gasteiger partial charge is 0.320 e. The number of nitrogens with one attached hydrogen (secondary N) is 1. The van der Waals surface area contributed by atoms with Gasteiger partial charge in [-0.3, -0.25) is 0 Å². The van der Waals surface area contributed by atoms with Crippen molar-refractivity contribution < 1.29 is 0 Å². The highest BCUT2D eigenvalue weighted by molar-refractivity contribution is 4.86. The molecular formula is C10H20N4. The molecule has 4 nitrogen and oxygen atoms in total. The van der Waals surface area contributed by atoms with Crippen molar-refractivity contribution in [2.75, 3.05) is 0 Å². The molecule has 1 N–H and O–H groups in total. The second kappa shape index (κ2) is 4.09. The van der Waals surface area contributed by atoms with Crippen molar-refractivity contribution in [1.82, 2.24) is 20.1 Å². The lowest BCUT2D eigenvalue weighted by atomic mass is 9.88. The van der Waals surface area contributed by atoms with E-state index in [1.54, 1.807) is 6.33 Å². The van der Waals surface area contributed by atoms with Crippen molar-refractivity contribution in [1.29, 1.82) is 0 Å². The van der Waals surface area contributed by atoms with Crippen LogP contribution in [0.25, 0.3) is 0 Å². The van der Waals surface area contributed by atoms with E-state index >= 15 is 0 Å². The van der Waals surface area contributed by atoms with Crippen LogP contribution in [0.5, 0.6) is 0 Å². The molecule has 0 saturated heterocycles. The fourth-order valence-corrected chi connectivity index (χ4v) is 1.02. The molecule has 0 saturated carbocycles. The summed E-state index contributed by atoms with van der Waals surface area (Å²) < 4.78 is 1.93. The van der Waals surface area contributed by atoms with E-state index in [0.29, 0.717) is 6.04 Å². The van der Waals surface area contributed by atoms with E-state index in [-0.39, 0.29) is 5.41 Å². The van der Waals surface area contributed by atoms with Gasteiger partial charge < -0.3 is 9.88 Å². The Labute approximate surface area is 85.7 Å². The number of hydrogen-bond acceptors (Lipinski definition) is 3. The quantitative estimate of drug-likeness (QED) is 0.793. The van der Waals surface area contributed by atoms with Gasteiger partial charge in [-0.15, -0.1) is 10.2 Å². The Kier molecular flexibility index (Phi) is 3.26. The minimum absolute atomic E-state index is 0.276. The Morgan fingerprint density at radius 1 is 1.50 bits per heavy atom. The molecule has 1 aromatic rings. The molecule has 0 bridgehead atoms. The zero-order chi connectivity index (χ0) is 10.8. The summed E-state index contributed by atoms with van der Waals surface area (Å²) in [6.07, 6.45) is 1.72. The summed E-state index contributed by atoms with van der Waals surface area (Å²) in [5, 5.41) is 11.3. The maximum atomic E-state index is 4.02. The minimum atomic E-state index is 0.276. The van der Waals surface area contributed by atoms with Crippen LogP contribution >= 0.6 is 0 Å². The van der Waals surface area contributed by atoms with Crippen LogP contribution in [0.4, 0.5) is 0 Å². The molecule has 0 fully saturated rings. The van der Waals surface area contributed by atoms with Gasteiger partial charge in [0.25, 0.3) is 0 Å². The molecule has 0 radical (unpaired) electrons. The lowest BCUT2D eigenvalue weighted by Gasteiger charge is -2.27. The van der Waals surface area contributed by atoms with Crippen LogP contribution in [0.2, 0.25) is 0 Å². The first-order valence-electron chi connectivity index (χ1n) is 4.97. The predicted molar refractivity (Wildman–Crippen MR) is 56.8 cm³/mol. The summed E-state index contributed by atoms with van der Waals surface area (Å²) in [6, 6.07) is 0.458.